The Bertz CT molecular complexity index is 535. The summed E-state index contributed by atoms with van der Waals surface area (Å²) in [6, 6.07) is -0.131. The van der Waals surface area contributed by atoms with Crippen LogP contribution in [0.1, 0.15) is 51.8 Å². The number of amides is 1. The second kappa shape index (κ2) is 6.52. The largest absolute Gasteiger partial charge is 0.444 e. The molecule has 2 rings (SSSR count). The second-order valence-electron chi connectivity index (χ2n) is 6.32. The van der Waals surface area contributed by atoms with Crippen LogP contribution in [0.2, 0.25) is 0 Å². The molecule has 0 unspecified atom stereocenters. The average Bonchev–Trinajstić information content (AvgIpc) is 2.79. The lowest BCUT2D eigenvalue weighted by Crippen LogP contribution is -2.42. The number of ether oxygens (including phenoxy) is 1. The summed E-state index contributed by atoms with van der Waals surface area (Å²) in [6.07, 6.45) is -0.399. The van der Waals surface area contributed by atoms with Crippen molar-refractivity contribution in [1.29, 1.82) is 0 Å². The van der Waals surface area contributed by atoms with Gasteiger partial charge in [0.15, 0.2) is 0 Å². The fraction of sp³-hybridized carbons (Fsp3) is 0.714. The van der Waals surface area contributed by atoms with E-state index in [1.807, 2.05) is 20.8 Å². The van der Waals surface area contributed by atoms with Gasteiger partial charge in [-0.15, -0.1) is 0 Å². The van der Waals surface area contributed by atoms with Gasteiger partial charge < -0.3 is 9.64 Å². The van der Waals surface area contributed by atoms with E-state index in [2.05, 4.69) is 21.0 Å². The molecule has 0 atom stereocenters. The molecule has 0 aromatic carbocycles. The molecule has 5 nitrogen and oxygen atoms in total. The smallest absolute Gasteiger partial charge is 0.410 e. The number of hydrogen-bond donors (Lipinski definition) is 0. The van der Waals surface area contributed by atoms with Crippen LogP contribution >= 0.6 is 15.9 Å². The predicted octanol–water partition coefficient (Wildman–Crippen LogP) is 4.16. The van der Waals surface area contributed by atoms with Gasteiger partial charge in [-0.3, -0.25) is 4.68 Å². The van der Waals surface area contributed by atoms with Crippen LogP contribution < -0.4 is 0 Å². The van der Waals surface area contributed by atoms with E-state index in [0.29, 0.717) is 30.4 Å². The zero-order valence-corrected chi connectivity index (χ0v) is 14.4. The molecule has 1 aliphatic heterocycles. The molecule has 1 amide bonds. The van der Waals surface area contributed by atoms with Crippen LogP contribution in [0.3, 0.4) is 0 Å². The summed E-state index contributed by atoms with van der Waals surface area (Å²) < 4.78 is 33.2. The maximum Gasteiger partial charge on any atom is 0.410 e. The quantitative estimate of drug-likeness (QED) is 0.774. The molecule has 0 saturated carbocycles. The molecule has 1 saturated heterocycles. The van der Waals surface area contributed by atoms with Crippen molar-refractivity contribution in [1.82, 2.24) is 14.7 Å². The molecule has 2 heterocycles. The SMILES string of the molecule is CC(C)(C)OC(=O)N1CCC(n2ncc(Br)c2C(F)F)CC1. The standard InChI is InChI=1S/C14H20BrF2N3O2/c1-14(2,3)22-13(21)19-6-4-9(5-7-19)20-11(12(16)17)10(15)8-18-20/h8-9,12H,4-7H2,1-3H3. The monoisotopic (exact) mass is 379 g/mol. The Labute approximate surface area is 136 Å². The summed E-state index contributed by atoms with van der Waals surface area (Å²) in [5, 5.41) is 4.05. The maximum absolute atomic E-state index is 13.1. The van der Waals surface area contributed by atoms with Gasteiger partial charge in [-0.05, 0) is 49.5 Å². The number of hydrogen-bond acceptors (Lipinski definition) is 3. The van der Waals surface area contributed by atoms with Crippen LogP contribution in [0.15, 0.2) is 10.7 Å². The molecule has 0 bridgehead atoms. The molecule has 1 fully saturated rings. The fourth-order valence-corrected chi connectivity index (χ4v) is 2.91. The van der Waals surface area contributed by atoms with Crippen molar-refractivity contribution in [3.05, 3.63) is 16.4 Å². The minimum atomic E-state index is -2.58. The number of alkyl halides is 2. The summed E-state index contributed by atoms with van der Waals surface area (Å²) in [6.45, 7) is 6.38. The van der Waals surface area contributed by atoms with Crippen LogP contribution in [0.25, 0.3) is 0 Å². The first-order valence-corrected chi connectivity index (χ1v) is 7.97. The van der Waals surface area contributed by atoms with E-state index >= 15 is 0 Å². The van der Waals surface area contributed by atoms with E-state index in [-0.39, 0.29) is 17.8 Å². The Morgan fingerprint density at radius 2 is 2.00 bits per heavy atom. The first kappa shape index (κ1) is 17.2. The summed E-state index contributed by atoms with van der Waals surface area (Å²) in [4.78, 5) is 13.6. The summed E-state index contributed by atoms with van der Waals surface area (Å²) in [5.74, 6) is 0. The van der Waals surface area contributed by atoms with Gasteiger partial charge in [0.2, 0.25) is 0 Å². The molecular weight excluding hydrogens is 360 g/mol. The van der Waals surface area contributed by atoms with E-state index < -0.39 is 12.0 Å². The number of nitrogens with zero attached hydrogens (tertiary/aromatic N) is 3. The lowest BCUT2D eigenvalue weighted by atomic mass is 10.1. The van der Waals surface area contributed by atoms with Gasteiger partial charge in [-0.2, -0.15) is 5.10 Å². The van der Waals surface area contributed by atoms with Crippen LogP contribution in [0.4, 0.5) is 13.6 Å². The highest BCUT2D eigenvalue weighted by Crippen LogP contribution is 2.32. The van der Waals surface area contributed by atoms with E-state index in [1.165, 1.54) is 10.9 Å². The number of rotatable bonds is 2. The predicted molar refractivity (Wildman–Crippen MR) is 81.0 cm³/mol. The van der Waals surface area contributed by atoms with Crippen LogP contribution in [-0.4, -0.2) is 39.5 Å². The molecule has 1 aliphatic rings. The molecule has 8 heteroatoms. The summed E-state index contributed by atoms with van der Waals surface area (Å²) >= 11 is 3.10. The molecular formula is C14H20BrF2N3O2. The van der Waals surface area contributed by atoms with E-state index in [9.17, 15) is 13.6 Å². The zero-order valence-electron chi connectivity index (χ0n) is 12.9. The van der Waals surface area contributed by atoms with Gasteiger partial charge >= 0.3 is 6.09 Å². The highest BCUT2D eigenvalue weighted by molar-refractivity contribution is 9.10. The Hall–Kier alpha value is -1.18. The van der Waals surface area contributed by atoms with Crippen molar-refractivity contribution in [2.45, 2.75) is 51.7 Å². The first-order valence-electron chi connectivity index (χ1n) is 7.18. The molecule has 22 heavy (non-hydrogen) atoms. The third-order valence-corrected chi connectivity index (χ3v) is 4.07. The van der Waals surface area contributed by atoms with Gasteiger partial charge in [0.1, 0.15) is 11.3 Å². The fourth-order valence-electron chi connectivity index (χ4n) is 2.47. The lowest BCUT2D eigenvalue weighted by molar-refractivity contribution is 0.0179. The normalized spacial score (nSPS) is 17.1. The molecule has 0 N–H and O–H groups in total. The number of likely N-dealkylation sites (tertiary alicyclic amines) is 1. The summed E-state index contributed by atoms with van der Waals surface area (Å²) in [7, 11) is 0. The number of carbonyl (C=O) groups excluding carboxylic acids is 1. The molecule has 0 radical (unpaired) electrons. The maximum atomic E-state index is 13.1. The minimum Gasteiger partial charge on any atom is -0.444 e. The van der Waals surface area contributed by atoms with Crippen molar-refractivity contribution in [2.24, 2.45) is 0 Å². The van der Waals surface area contributed by atoms with Crippen molar-refractivity contribution in [3.8, 4) is 0 Å². The van der Waals surface area contributed by atoms with Crippen LogP contribution in [0.5, 0.6) is 0 Å². The van der Waals surface area contributed by atoms with Gasteiger partial charge in [0.05, 0.1) is 16.7 Å². The number of piperidine rings is 1. The van der Waals surface area contributed by atoms with Gasteiger partial charge in [-0.25, -0.2) is 13.6 Å². The first-order chi connectivity index (χ1) is 10.2. The molecule has 0 spiro atoms. The Morgan fingerprint density at radius 1 is 1.41 bits per heavy atom. The molecule has 1 aromatic heterocycles. The van der Waals surface area contributed by atoms with E-state index in [0.717, 1.165) is 0 Å². The highest BCUT2D eigenvalue weighted by atomic mass is 79.9. The van der Waals surface area contributed by atoms with Crippen molar-refractivity contribution < 1.29 is 18.3 Å². The van der Waals surface area contributed by atoms with Gasteiger partial charge in [0, 0.05) is 13.1 Å². The zero-order chi connectivity index (χ0) is 16.5. The Balaban J connectivity index is 2.00. The van der Waals surface area contributed by atoms with E-state index in [4.69, 9.17) is 4.74 Å². The molecule has 1 aromatic rings. The lowest BCUT2D eigenvalue weighted by Gasteiger charge is -2.34. The number of aromatic nitrogens is 2. The third-order valence-electron chi connectivity index (χ3n) is 3.46. The average molecular weight is 380 g/mol. The second-order valence-corrected chi connectivity index (χ2v) is 7.18. The van der Waals surface area contributed by atoms with Gasteiger partial charge in [0.25, 0.3) is 6.43 Å². The van der Waals surface area contributed by atoms with Crippen LogP contribution in [0, 0.1) is 0 Å². The number of halogens is 3. The Kier molecular flexibility index (Phi) is 5.09. The van der Waals surface area contributed by atoms with Crippen molar-refractivity contribution in [2.75, 3.05) is 13.1 Å². The minimum absolute atomic E-state index is 0.101. The highest BCUT2D eigenvalue weighted by Gasteiger charge is 2.30. The van der Waals surface area contributed by atoms with E-state index in [1.54, 1.807) is 4.90 Å². The molecule has 124 valence electrons. The van der Waals surface area contributed by atoms with Crippen LogP contribution in [-0.2, 0) is 4.74 Å². The third kappa shape index (κ3) is 3.97. The molecule has 0 aliphatic carbocycles. The Morgan fingerprint density at radius 3 is 2.50 bits per heavy atom. The topological polar surface area (TPSA) is 47.4 Å². The van der Waals surface area contributed by atoms with Crippen molar-refractivity contribution >= 4 is 22.0 Å². The van der Waals surface area contributed by atoms with Gasteiger partial charge in [-0.1, -0.05) is 0 Å². The van der Waals surface area contributed by atoms with Crippen molar-refractivity contribution in [3.63, 3.8) is 0 Å². The summed E-state index contributed by atoms with van der Waals surface area (Å²) in [5.41, 5.74) is -0.639. The number of carbonyl (C=O) groups is 1.